The number of piperidine rings is 1. The number of nitrogens with two attached hydrogens (primary N) is 1. The molecule has 0 amide bonds. The zero-order valence-electron chi connectivity index (χ0n) is 13.8. The largest absolute Gasteiger partial charge is 0.326 e. The van der Waals surface area contributed by atoms with Crippen molar-refractivity contribution >= 4 is 10.0 Å². The molecule has 3 rings (SSSR count). The lowest BCUT2D eigenvalue weighted by atomic mass is 9.95. The van der Waals surface area contributed by atoms with Crippen LogP contribution in [-0.4, -0.2) is 62.6 Å². The number of hydrogen-bond donors (Lipinski definition) is 1. The van der Waals surface area contributed by atoms with E-state index in [1.54, 1.807) is 4.31 Å². The molecule has 2 aliphatic heterocycles. The molecular formula is C17H27N3O2S. The molecule has 2 heterocycles. The highest BCUT2D eigenvalue weighted by Gasteiger charge is 2.34. The molecule has 1 unspecified atom stereocenters. The minimum absolute atomic E-state index is 0.159. The van der Waals surface area contributed by atoms with Gasteiger partial charge in [0.05, 0.1) is 6.26 Å². The molecule has 0 aliphatic carbocycles. The zero-order valence-corrected chi connectivity index (χ0v) is 14.6. The summed E-state index contributed by atoms with van der Waals surface area (Å²) in [7, 11) is -3.07. The van der Waals surface area contributed by atoms with Crippen molar-refractivity contribution in [3.8, 4) is 0 Å². The molecular weight excluding hydrogens is 310 g/mol. The van der Waals surface area contributed by atoms with Gasteiger partial charge in [0.15, 0.2) is 0 Å². The van der Waals surface area contributed by atoms with Crippen molar-refractivity contribution in [3.05, 3.63) is 35.9 Å². The van der Waals surface area contributed by atoms with Crippen LogP contribution in [0.15, 0.2) is 30.3 Å². The van der Waals surface area contributed by atoms with Gasteiger partial charge in [0.2, 0.25) is 10.0 Å². The summed E-state index contributed by atoms with van der Waals surface area (Å²) in [5.41, 5.74) is 7.66. The monoisotopic (exact) mass is 337 g/mol. The second kappa shape index (κ2) is 6.89. The molecule has 0 saturated carbocycles. The van der Waals surface area contributed by atoms with Gasteiger partial charge in [-0.2, -0.15) is 0 Å². The lowest BCUT2D eigenvalue weighted by Gasteiger charge is -2.33. The van der Waals surface area contributed by atoms with Crippen LogP contribution in [-0.2, 0) is 10.0 Å². The van der Waals surface area contributed by atoms with E-state index in [1.165, 1.54) is 11.8 Å². The maximum Gasteiger partial charge on any atom is 0.211 e. The fourth-order valence-electron chi connectivity index (χ4n) is 3.96. The first kappa shape index (κ1) is 16.9. The van der Waals surface area contributed by atoms with Crippen LogP contribution in [0.2, 0.25) is 0 Å². The van der Waals surface area contributed by atoms with Gasteiger partial charge in [0.25, 0.3) is 0 Å². The molecule has 2 aliphatic rings. The van der Waals surface area contributed by atoms with E-state index in [1.807, 2.05) is 6.07 Å². The Morgan fingerprint density at radius 3 is 2.61 bits per heavy atom. The molecule has 1 aromatic rings. The minimum atomic E-state index is -3.07. The van der Waals surface area contributed by atoms with Gasteiger partial charge in [-0.1, -0.05) is 30.3 Å². The summed E-state index contributed by atoms with van der Waals surface area (Å²) in [5, 5.41) is 0. The van der Waals surface area contributed by atoms with Crippen LogP contribution < -0.4 is 5.73 Å². The molecule has 1 aromatic carbocycles. The summed E-state index contributed by atoms with van der Waals surface area (Å²) < 4.78 is 25.1. The molecule has 3 atom stereocenters. The number of nitrogens with zero attached hydrogens (tertiary/aromatic N) is 2. The molecule has 2 N–H and O–H groups in total. The average Bonchev–Trinajstić information content (AvgIpc) is 2.88. The fraction of sp³-hybridized carbons (Fsp3) is 0.647. The van der Waals surface area contributed by atoms with Crippen molar-refractivity contribution in [3.63, 3.8) is 0 Å². The van der Waals surface area contributed by atoms with Gasteiger partial charge in [-0.15, -0.1) is 0 Å². The Bertz CT molecular complexity index is 620. The fourth-order valence-corrected chi connectivity index (χ4v) is 4.90. The normalized spacial score (nSPS) is 30.6. The van der Waals surface area contributed by atoms with E-state index >= 15 is 0 Å². The van der Waals surface area contributed by atoms with Gasteiger partial charge in [-0.25, -0.2) is 12.7 Å². The molecule has 2 saturated heterocycles. The first-order valence-electron chi connectivity index (χ1n) is 8.41. The highest BCUT2D eigenvalue weighted by molar-refractivity contribution is 7.88. The van der Waals surface area contributed by atoms with Crippen molar-refractivity contribution in [2.24, 2.45) is 11.7 Å². The van der Waals surface area contributed by atoms with Crippen molar-refractivity contribution in [2.75, 3.05) is 39.0 Å². The van der Waals surface area contributed by atoms with E-state index in [4.69, 9.17) is 5.73 Å². The van der Waals surface area contributed by atoms with Gasteiger partial charge in [-0.05, 0) is 24.3 Å². The highest BCUT2D eigenvalue weighted by Crippen LogP contribution is 2.28. The quantitative estimate of drug-likeness (QED) is 0.893. The third-order valence-corrected chi connectivity index (χ3v) is 6.41. The summed E-state index contributed by atoms with van der Waals surface area (Å²) in [5.74, 6) is 0.797. The van der Waals surface area contributed by atoms with Crippen LogP contribution in [0.3, 0.4) is 0 Å². The van der Waals surface area contributed by atoms with Gasteiger partial charge >= 0.3 is 0 Å². The number of likely N-dealkylation sites (tertiary alicyclic amines) is 1. The molecule has 6 heteroatoms. The van der Waals surface area contributed by atoms with Crippen LogP contribution in [0.25, 0.3) is 0 Å². The molecule has 23 heavy (non-hydrogen) atoms. The third-order valence-electron chi connectivity index (χ3n) is 5.14. The Hall–Kier alpha value is -0.950. The topological polar surface area (TPSA) is 66.6 Å². The first-order valence-corrected chi connectivity index (χ1v) is 10.3. The Morgan fingerprint density at radius 1 is 1.17 bits per heavy atom. The summed E-state index contributed by atoms with van der Waals surface area (Å²) in [6.07, 6.45) is 3.38. The van der Waals surface area contributed by atoms with Crippen molar-refractivity contribution in [1.82, 2.24) is 9.21 Å². The summed E-state index contributed by atoms with van der Waals surface area (Å²) in [6.45, 7) is 4.14. The van der Waals surface area contributed by atoms with Crippen molar-refractivity contribution < 1.29 is 8.42 Å². The smallest absolute Gasteiger partial charge is 0.211 e. The number of benzene rings is 1. The van der Waals surface area contributed by atoms with Crippen LogP contribution in [0.5, 0.6) is 0 Å². The van der Waals surface area contributed by atoms with Crippen LogP contribution >= 0.6 is 0 Å². The third kappa shape index (κ3) is 4.12. The molecule has 0 aromatic heterocycles. The average molecular weight is 337 g/mol. The second-order valence-corrected chi connectivity index (χ2v) is 9.01. The van der Waals surface area contributed by atoms with Crippen LogP contribution in [0, 0.1) is 5.92 Å². The lowest BCUT2D eigenvalue weighted by molar-refractivity contribution is 0.198. The first-order chi connectivity index (χ1) is 10.9. The van der Waals surface area contributed by atoms with Crippen LogP contribution in [0.4, 0.5) is 0 Å². The Balaban J connectivity index is 1.59. The lowest BCUT2D eigenvalue weighted by Crippen LogP contribution is -2.43. The standard InChI is InChI=1S/C17H27N3O2S/c1-23(21,22)20-9-5-6-14(11-20)10-19-12-16(17(18)13-19)15-7-3-2-4-8-15/h2-4,7-8,14,16-17H,5-6,9-13,18H2,1H3/t14?,16-,17+/m0/s1. The van der Waals surface area contributed by atoms with E-state index in [0.29, 0.717) is 24.9 Å². The zero-order chi connectivity index (χ0) is 16.4. The van der Waals surface area contributed by atoms with Crippen molar-refractivity contribution in [2.45, 2.75) is 24.8 Å². The van der Waals surface area contributed by atoms with E-state index in [9.17, 15) is 8.42 Å². The van der Waals surface area contributed by atoms with Crippen molar-refractivity contribution in [1.29, 1.82) is 0 Å². The minimum Gasteiger partial charge on any atom is -0.326 e. The summed E-state index contributed by atoms with van der Waals surface area (Å²) in [4.78, 5) is 2.42. The summed E-state index contributed by atoms with van der Waals surface area (Å²) >= 11 is 0. The molecule has 5 nitrogen and oxygen atoms in total. The Labute approximate surface area is 139 Å². The second-order valence-electron chi connectivity index (χ2n) is 7.03. The van der Waals surface area contributed by atoms with Gasteiger partial charge in [0.1, 0.15) is 0 Å². The predicted molar refractivity (Wildman–Crippen MR) is 92.7 cm³/mol. The molecule has 2 fully saturated rings. The molecule has 0 radical (unpaired) electrons. The number of sulfonamides is 1. The molecule has 0 spiro atoms. The predicted octanol–water partition coefficient (Wildman–Crippen LogP) is 1.08. The maximum atomic E-state index is 11.8. The number of rotatable bonds is 4. The highest BCUT2D eigenvalue weighted by atomic mass is 32.2. The van der Waals surface area contributed by atoms with E-state index < -0.39 is 10.0 Å². The van der Waals surface area contributed by atoms with Gasteiger partial charge in [0, 0.05) is 44.7 Å². The SMILES string of the molecule is CS(=O)(=O)N1CCCC(CN2C[C@@H](N)[C@H](c3ccccc3)C2)C1. The molecule has 128 valence electrons. The van der Waals surface area contributed by atoms with Gasteiger partial charge in [-0.3, -0.25) is 0 Å². The maximum absolute atomic E-state index is 11.8. The number of hydrogen-bond acceptors (Lipinski definition) is 4. The van der Waals surface area contributed by atoms with Gasteiger partial charge < -0.3 is 10.6 Å². The summed E-state index contributed by atoms with van der Waals surface area (Å²) in [6, 6.07) is 10.6. The van der Waals surface area contributed by atoms with E-state index in [0.717, 1.165) is 32.5 Å². The van der Waals surface area contributed by atoms with E-state index in [2.05, 4.69) is 29.2 Å². The van der Waals surface area contributed by atoms with Crippen LogP contribution in [0.1, 0.15) is 24.3 Å². The Kier molecular flexibility index (Phi) is 5.06. The molecule has 0 bridgehead atoms. The van der Waals surface area contributed by atoms with E-state index in [-0.39, 0.29) is 6.04 Å². The Morgan fingerprint density at radius 2 is 1.91 bits per heavy atom.